The third kappa shape index (κ3) is 5.30. The maximum Gasteiger partial charge on any atom is 0.332 e. The molecule has 0 spiro atoms. The molecule has 0 radical (unpaired) electrons. The van der Waals surface area contributed by atoms with E-state index in [9.17, 15) is 4.79 Å². The van der Waals surface area contributed by atoms with Crippen LogP contribution in [0.1, 0.15) is 11.1 Å². The number of hydrogen-bond acceptors (Lipinski definition) is 4. The van der Waals surface area contributed by atoms with Crippen LogP contribution in [-0.4, -0.2) is 19.4 Å². The second-order valence-electron chi connectivity index (χ2n) is 4.56. The summed E-state index contributed by atoms with van der Waals surface area (Å²) in [5.74, 6) is 1.40. The maximum atomic E-state index is 10.7. The number of hydrogen-bond donors (Lipinski definition) is 2. The van der Waals surface area contributed by atoms with Crippen LogP contribution in [0.4, 0.5) is 4.79 Å². The molecule has 2 amide bonds. The van der Waals surface area contributed by atoms with Gasteiger partial charge in [-0.1, -0.05) is 28.1 Å². The van der Waals surface area contributed by atoms with Gasteiger partial charge in [0, 0.05) is 10.0 Å². The van der Waals surface area contributed by atoms with E-state index in [4.69, 9.17) is 15.2 Å². The zero-order valence-corrected chi connectivity index (χ0v) is 14.0. The molecule has 23 heavy (non-hydrogen) atoms. The number of nitrogens with two attached hydrogens (primary N) is 1. The number of methoxy groups -OCH3 is 1. The summed E-state index contributed by atoms with van der Waals surface area (Å²) < 4.78 is 11.9. The largest absolute Gasteiger partial charge is 0.497 e. The van der Waals surface area contributed by atoms with E-state index >= 15 is 0 Å². The fourth-order valence-electron chi connectivity index (χ4n) is 1.84. The average Bonchev–Trinajstić information content (AvgIpc) is 2.54. The van der Waals surface area contributed by atoms with Gasteiger partial charge in [-0.05, 0) is 35.9 Å². The topological polar surface area (TPSA) is 85.9 Å². The van der Waals surface area contributed by atoms with Gasteiger partial charge in [-0.25, -0.2) is 10.2 Å². The fourth-order valence-corrected chi connectivity index (χ4v) is 2.22. The number of hydrazone groups is 1. The predicted molar refractivity (Wildman–Crippen MR) is 91.8 cm³/mol. The number of ether oxygens (including phenoxy) is 2. The lowest BCUT2D eigenvalue weighted by molar-refractivity contribution is 0.249. The molecule has 0 aliphatic carbocycles. The molecular weight excluding hydrogens is 362 g/mol. The third-order valence-electron chi connectivity index (χ3n) is 2.88. The van der Waals surface area contributed by atoms with Crippen LogP contribution in [0.25, 0.3) is 0 Å². The Bertz CT molecular complexity index is 719. The standard InChI is InChI=1S/C16H16BrN3O3/c1-22-14-4-2-3-11(7-14)10-23-15-6-5-13(17)8-12(15)9-19-20-16(18)21/h2-9H,10H2,1H3,(H3,18,20,21). The Morgan fingerprint density at radius 2 is 2.17 bits per heavy atom. The lowest BCUT2D eigenvalue weighted by Gasteiger charge is -2.10. The minimum atomic E-state index is -0.727. The number of urea groups is 1. The first-order chi connectivity index (χ1) is 11.1. The van der Waals surface area contributed by atoms with Crippen molar-refractivity contribution in [3.05, 3.63) is 58.1 Å². The van der Waals surface area contributed by atoms with Crippen LogP contribution in [0.5, 0.6) is 11.5 Å². The molecule has 0 aliphatic heterocycles. The minimum Gasteiger partial charge on any atom is -0.497 e. The average molecular weight is 378 g/mol. The highest BCUT2D eigenvalue weighted by Crippen LogP contribution is 2.23. The van der Waals surface area contributed by atoms with Crippen molar-refractivity contribution in [3.8, 4) is 11.5 Å². The van der Waals surface area contributed by atoms with Gasteiger partial charge in [-0.2, -0.15) is 5.10 Å². The zero-order valence-electron chi connectivity index (χ0n) is 12.5. The van der Waals surface area contributed by atoms with Gasteiger partial charge < -0.3 is 15.2 Å². The molecule has 0 aromatic heterocycles. The number of carbonyl (C=O) groups excluding carboxylic acids is 1. The molecule has 0 fully saturated rings. The van der Waals surface area contributed by atoms with Crippen LogP contribution in [0.2, 0.25) is 0 Å². The molecule has 0 saturated heterocycles. The fraction of sp³-hybridized carbons (Fsp3) is 0.125. The molecule has 0 atom stereocenters. The number of benzene rings is 2. The molecule has 7 heteroatoms. The van der Waals surface area contributed by atoms with E-state index in [-0.39, 0.29) is 0 Å². The summed E-state index contributed by atoms with van der Waals surface area (Å²) in [6.45, 7) is 0.378. The van der Waals surface area contributed by atoms with Gasteiger partial charge in [0.1, 0.15) is 18.1 Å². The van der Waals surface area contributed by atoms with Crippen LogP contribution in [0.15, 0.2) is 52.0 Å². The Kier molecular flexibility index (Phi) is 5.99. The Balaban J connectivity index is 2.12. The number of amides is 2. The maximum absolute atomic E-state index is 10.7. The Morgan fingerprint density at radius 3 is 2.91 bits per heavy atom. The van der Waals surface area contributed by atoms with Crippen molar-refractivity contribution in [3.63, 3.8) is 0 Å². The van der Waals surface area contributed by atoms with E-state index < -0.39 is 6.03 Å². The van der Waals surface area contributed by atoms with E-state index in [1.165, 1.54) is 6.21 Å². The van der Waals surface area contributed by atoms with Crippen LogP contribution in [0.3, 0.4) is 0 Å². The van der Waals surface area contributed by atoms with Gasteiger partial charge >= 0.3 is 6.03 Å². The third-order valence-corrected chi connectivity index (χ3v) is 3.37. The highest BCUT2D eigenvalue weighted by molar-refractivity contribution is 9.10. The van der Waals surface area contributed by atoms with Gasteiger partial charge in [0.05, 0.1) is 13.3 Å². The molecule has 2 rings (SSSR count). The summed E-state index contributed by atoms with van der Waals surface area (Å²) in [5.41, 5.74) is 8.80. The van der Waals surface area contributed by atoms with E-state index in [1.54, 1.807) is 7.11 Å². The Labute approximate surface area is 142 Å². The van der Waals surface area contributed by atoms with Crippen molar-refractivity contribution in [2.75, 3.05) is 7.11 Å². The zero-order chi connectivity index (χ0) is 16.7. The van der Waals surface area contributed by atoms with Crippen LogP contribution in [0, 0.1) is 0 Å². The molecular formula is C16H16BrN3O3. The second kappa shape index (κ2) is 8.19. The molecule has 0 heterocycles. The number of halogens is 1. The number of rotatable bonds is 6. The molecule has 2 aromatic carbocycles. The summed E-state index contributed by atoms with van der Waals surface area (Å²) in [4.78, 5) is 10.7. The van der Waals surface area contributed by atoms with Crippen molar-refractivity contribution < 1.29 is 14.3 Å². The summed E-state index contributed by atoms with van der Waals surface area (Å²) in [6, 6.07) is 12.4. The SMILES string of the molecule is COc1cccc(COc2ccc(Br)cc2C=NNC(N)=O)c1. The monoisotopic (exact) mass is 377 g/mol. The minimum absolute atomic E-state index is 0.378. The van der Waals surface area contributed by atoms with E-state index in [1.807, 2.05) is 42.5 Å². The normalized spacial score (nSPS) is 10.5. The summed E-state index contributed by atoms with van der Waals surface area (Å²) >= 11 is 3.39. The van der Waals surface area contributed by atoms with E-state index in [2.05, 4.69) is 26.5 Å². The Hall–Kier alpha value is -2.54. The highest BCUT2D eigenvalue weighted by atomic mass is 79.9. The molecule has 120 valence electrons. The first kappa shape index (κ1) is 16.8. The quantitative estimate of drug-likeness (QED) is 0.599. The van der Waals surface area contributed by atoms with Crippen LogP contribution >= 0.6 is 15.9 Å². The van der Waals surface area contributed by atoms with Gasteiger partial charge in [0.25, 0.3) is 0 Å². The number of primary amides is 1. The van der Waals surface area contributed by atoms with Crippen LogP contribution in [-0.2, 0) is 6.61 Å². The van der Waals surface area contributed by atoms with Gasteiger partial charge in [0.2, 0.25) is 0 Å². The van der Waals surface area contributed by atoms with Crippen molar-refractivity contribution in [2.45, 2.75) is 6.61 Å². The van der Waals surface area contributed by atoms with Crippen LogP contribution < -0.4 is 20.6 Å². The summed E-state index contributed by atoms with van der Waals surface area (Å²) in [5, 5.41) is 3.75. The molecule has 2 aromatic rings. The predicted octanol–water partition coefficient (Wildman–Crippen LogP) is 3.04. The molecule has 0 unspecified atom stereocenters. The van der Waals surface area contributed by atoms with Gasteiger partial charge in [0.15, 0.2) is 0 Å². The van der Waals surface area contributed by atoms with E-state index in [0.717, 1.165) is 15.8 Å². The molecule has 0 aliphatic rings. The molecule has 0 saturated carbocycles. The lowest BCUT2D eigenvalue weighted by atomic mass is 10.2. The first-order valence-electron chi connectivity index (χ1n) is 6.72. The first-order valence-corrected chi connectivity index (χ1v) is 7.51. The van der Waals surface area contributed by atoms with Crippen molar-refractivity contribution >= 4 is 28.2 Å². The van der Waals surface area contributed by atoms with Crippen molar-refractivity contribution in [1.82, 2.24) is 5.43 Å². The van der Waals surface area contributed by atoms with E-state index in [0.29, 0.717) is 17.9 Å². The number of carbonyl (C=O) groups is 1. The summed E-state index contributed by atoms with van der Waals surface area (Å²) in [7, 11) is 1.62. The lowest BCUT2D eigenvalue weighted by Crippen LogP contribution is -2.24. The smallest absolute Gasteiger partial charge is 0.332 e. The Morgan fingerprint density at radius 1 is 1.35 bits per heavy atom. The summed E-state index contributed by atoms with van der Waals surface area (Å²) in [6.07, 6.45) is 1.47. The van der Waals surface area contributed by atoms with Crippen molar-refractivity contribution in [1.29, 1.82) is 0 Å². The number of nitrogens with zero attached hydrogens (tertiary/aromatic N) is 1. The van der Waals surface area contributed by atoms with Gasteiger partial charge in [-0.3, -0.25) is 0 Å². The van der Waals surface area contributed by atoms with Crippen molar-refractivity contribution in [2.24, 2.45) is 10.8 Å². The van der Waals surface area contributed by atoms with Gasteiger partial charge in [-0.15, -0.1) is 0 Å². The molecule has 6 nitrogen and oxygen atoms in total. The molecule has 0 bridgehead atoms. The second-order valence-corrected chi connectivity index (χ2v) is 5.47. The number of nitrogens with one attached hydrogen (secondary N) is 1. The molecule has 3 N–H and O–H groups in total. The highest BCUT2D eigenvalue weighted by Gasteiger charge is 2.04.